The van der Waals surface area contributed by atoms with Gasteiger partial charge in [0.2, 0.25) is 0 Å². The Morgan fingerprint density at radius 3 is 2.74 bits per heavy atom. The molecule has 3 aliphatic rings. The monoisotopic (exact) mass is 373 g/mol. The maximum absolute atomic E-state index is 10.0. The molecule has 6 nitrogen and oxygen atoms in total. The summed E-state index contributed by atoms with van der Waals surface area (Å²) in [4.78, 5) is 2.95. The van der Waals surface area contributed by atoms with Gasteiger partial charge in [0.05, 0.1) is 24.8 Å². The van der Waals surface area contributed by atoms with Crippen molar-refractivity contribution in [3.8, 4) is 12.1 Å². The number of nitrogens with zero attached hydrogens (tertiary/aromatic N) is 2. The topological polar surface area (TPSA) is 106 Å². The summed E-state index contributed by atoms with van der Waals surface area (Å²) in [6, 6.07) is 12.1. The molecule has 0 bridgehead atoms. The van der Waals surface area contributed by atoms with Gasteiger partial charge in [0.25, 0.3) is 5.84 Å². The highest BCUT2D eigenvalue weighted by atomic mass is 79.9. The minimum atomic E-state index is -1.37. The number of hydrogen-bond donors (Lipinski definition) is 2. The molecule has 2 heterocycles. The van der Waals surface area contributed by atoms with Gasteiger partial charge in [-0.05, 0) is 24.6 Å². The van der Waals surface area contributed by atoms with Crippen LogP contribution >= 0.6 is 15.9 Å². The predicted octanol–water partition coefficient (Wildman–Crippen LogP) is 0.107. The van der Waals surface area contributed by atoms with Crippen LogP contribution in [-0.2, 0) is 9.47 Å². The van der Waals surface area contributed by atoms with Crippen LogP contribution in [0.15, 0.2) is 28.7 Å². The van der Waals surface area contributed by atoms with Crippen LogP contribution in [0.2, 0.25) is 0 Å². The number of rotatable bonds is 1. The molecule has 1 saturated heterocycles. The summed E-state index contributed by atoms with van der Waals surface area (Å²) in [6.07, 6.45) is -0.182. The molecule has 1 spiro atoms. The van der Waals surface area contributed by atoms with Gasteiger partial charge in [0.1, 0.15) is 0 Å². The van der Waals surface area contributed by atoms with Gasteiger partial charge in [-0.3, -0.25) is 5.73 Å². The SMILES string of the molecule is C[C@@H]1CO[C@]2([NH+]=C(N)[C@@]3(C#N)[C@@H](c4cccc(Br)c4)[C@@]23C#N)O1. The fourth-order valence-electron chi connectivity index (χ4n) is 4.15. The summed E-state index contributed by atoms with van der Waals surface area (Å²) in [7, 11) is 0. The number of nitrogens with one attached hydrogen (secondary N) is 1. The second kappa shape index (κ2) is 4.33. The Labute approximate surface area is 141 Å². The molecule has 1 aromatic rings. The van der Waals surface area contributed by atoms with Crippen molar-refractivity contribution in [2.24, 2.45) is 16.6 Å². The lowest BCUT2D eigenvalue weighted by Gasteiger charge is -2.24. The molecule has 0 aromatic heterocycles. The van der Waals surface area contributed by atoms with Crippen LogP contribution in [-0.4, -0.2) is 24.5 Å². The highest BCUT2D eigenvalue weighted by Gasteiger charge is 2.97. The number of hydrogen-bond acceptors (Lipinski definition) is 5. The van der Waals surface area contributed by atoms with Gasteiger partial charge in [-0.15, -0.1) is 0 Å². The van der Waals surface area contributed by atoms with E-state index in [4.69, 9.17) is 15.2 Å². The molecule has 1 aromatic carbocycles. The zero-order valence-corrected chi connectivity index (χ0v) is 13.9. The lowest BCUT2D eigenvalue weighted by Crippen LogP contribution is -2.90. The summed E-state index contributed by atoms with van der Waals surface area (Å²) in [5, 5.41) is 19.9. The van der Waals surface area contributed by atoms with E-state index in [0.29, 0.717) is 6.61 Å². The van der Waals surface area contributed by atoms with Crippen LogP contribution in [0.5, 0.6) is 0 Å². The Morgan fingerprint density at radius 2 is 2.17 bits per heavy atom. The number of amidine groups is 1. The minimum absolute atomic E-state index is 0.182. The van der Waals surface area contributed by atoms with Crippen molar-refractivity contribution in [3.63, 3.8) is 0 Å². The highest BCUT2D eigenvalue weighted by Crippen LogP contribution is 2.79. The molecule has 5 atom stereocenters. The van der Waals surface area contributed by atoms with Crippen molar-refractivity contribution in [3.05, 3.63) is 34.3 Å². The Kier molecular flexibility index (Phi) is 2.76. The predicted molar refractivity (Wildman–Crippen MR) is 82.4 cm³/mol. The molecule has 4 rings (SSSR count). The second-order valence-corrected chi connectivity index (χ2v) is 7.14. The molecule has 0 radical (unpaired) electrons. The highest BCUT2D eigenvalue weighted by molar-refractivity contribution is 9.10. The average Bonchev–Trinajstić information content (AvgIpc) is 2.93. The molecule has 1 saturated carbocycles. The van der Waals surface area contributed by atoms with Crippen LogP contribution in [0.1, 0.15) is 18.4 Å². The van der Waals surface area contributed by atoms with E-state index >= 15 is 0 Å². The van der Waals surface area contributed by atoms with Crippen molar-refractivity contribution < 1.29 is 14.5 Å². The van der Waals surface area contributed by atoms with Crippen LogP contribution < -0.4 is 10.7 Å². The smallest absolute Gasteiger partial charge is 0.311 e. The van der Waals surface area contributed by atoms with Crippen LogP contribution in [0.25, 0.3) is 0 Å². The molecule has 23 heavy (non-hydrogen) atoms. The third kappa shape index (κ3) is 1.41. The Hall–Kier alpha value is -1.93. The standard InChI is InChI=1S/C16H13BrN4O2/c1-9-6-22-16(23-9)15(8-19)12(10-3-2-4-11(17)5-10)14(15,7-18)13(20)21-16/h2-5,9,12H,6H2,1H3,(H2,20,21)/p+1/t9-,12-,14-,15-,16+/m1/s1. The zero-order valence-electron chi connectivity index (χ0n) is 12.3. The summed E-state index contributed by atoms with van der Waals surface area (Å²) in [5.41, 5.74) is 4.65. The van der Waals surface area contributed by atoms with Gasteiger partial charge in [-0.1, -0.05) is 28.1 Å². The van der Waals surface area contributed by atoms with E-state index in [0.717, 1.165) is 10.0 Å². The van der Waals surface area contributed by atoms with Gasteiger partial charge in [-0.25, -0.2) is 4.99 Å². The van der Waals surface area contributed by atoms with Crippen LogP contribution in [0, 0.1) is 33.5 Å². The van der Waals surface area contributed by atoms with E-state index in [1.807, 2.05) is 31.2 Å². The molecule has 7 heteroatoms. The average molecular weight is 374 g/mol. The second-order valence-electron chi connectivity index (χ2n) is 6.22. The number of fused-ring (bicyclic) bond motifs is 2. The van der Waals surface area contributed by atoms with E-state index in [2.05, 4.69) is 33.1 Å². The lowest BCUT2D eigenvalue weighted by atomic mass is 9.94. The van der Waals surface area contributed by atoms with Gasteiger partial charge in [-0.2, -0.15) is 10.5 Å². The van der Waals surface area contributed by atoms with Gasteiger partial charge < -0.3 is 9.47 Å². The minimum Gasteiger partial charge on any atom is -0.311 e. The summed E-state index contributed by atoms with van der Waals surface area (Å²) < 4.78 is 12.6. The van der Waals surface area contributed by atoms with E-state index < -0.39 is 22.7 Å². The van der Waals surface area contributed by atoms with Crippen molar-refractivity contribution in [1.29, 1.82) is 10.5 Å². The first kappa shape index (κ1) is 14.6. The molecule has 2 aliphatic heterocycles. The molecular formula is C16H14BrN4O2+. The summed E-state index contributed by atoms with van der Waals surface area (Å²) in [6.45, 7) is 2.21. The van der Waals surface area contributed by atoms with Gasteiger partial charge in [0.15, 0.2) is 10.8 Å². The van der Waals surface area contributed by atoms with Crippen molar-refractivity contribution in [2.75, 3.05) is 6.61 Å². The van der Waals surface area contributed by atoms with Crippen molar-refractivity contribution in [1.82, 2.24) is 0 Å². The molecule has 0 amide bonds. The number of nitrogens with two attached hydrogens (primary N) is 1. The molecule has 1 aliphatic carbocycles. The van der Waals surface area contributed by atoms with Crippen LogP contribution in [0.4, 0.5) is 0 Å². The number of benzene rings is 1. The van der Waals surface area contributed by atoms with Crippen LogP contribution in [0.3, 0.4) is 0 Å². The normalized spacial score (nSPS) is 43.6. The Bertz CT molecular complexity index is 828. The summed E-state index contributed by atoms with van der Waals surface area (Å²) in [5.74, 6) is -1.54. The van der Waals surface area contributed by atoms with E-state index in [1.54, 1.807) is 0 Å². The molecular weight excluding hydrogens is 360 g/mol. The van der Waals surface area contributed by atoms with E-state index in [9.17, 15) is 10.5 Å². The van der Waals surface area contributed by atoms with Gasteiger partial charge >= 0.3 is 5.91 Å². The number of halogens is 1. The number of nitriles is 2. The zero-order chi connectivity index (χ0) is 16.5. The first-order valence-corrected chi connectivity index (χ1v) is 8.07. The maximum atomic E-state index is 10.0. The quantitative estimate of drug-likeness (QED) is 0.726. The molecule has 2 fully saturated rings. The largest absolute Gasteiger partial charge is 0.343 e. The Morgan fingerprint density at radius 1 is 1.39 bits per heavy atom. The van der Waals surface area contributed by atoms with Crippen molar-refractivity contribution in [2.45, 2.75) is 24.9 Å². The maximum Gasteiger partial charge on any atom is 0.343 e. The third-order valence-electron chi connectivity index (χ3n) is 5.07. The molecule has 0 unspecified atom stereocenters. The third-order valence-corrected chi connectivity index (χ3v) is 5.56. The van der Waals surface area contributed by atoms with Crippen molar-refractivity contribution >= 4 is 21.8 Å². The molecule has 3 N–H and O–H groups in total. The first-order valence-electron chi connectivity index (χ1n) is 7.28. The lowest BCUT2D eigenvalue weighted by molar-refractivity contribution is -0.677. The first-order chi connectivity index (χ1) is 11.0. The van der Waals surface area contributed by atoms with E-state index in [1.165, 1.54) is 0 Å². The van der Waals surface area contributed by atoms with Gasteiger partial charge in [0, 0.05) is 10.4 Å². The Balaban J connectivity index is 1.93. The molecule has 116 valence electrons. The fraction of sp³-hybridized carbons (Fsp3) is 0.438. The summed E-state index contributed by atoms with van der Waals surface area (Å²) >= 11 is 3.43. The number of ether oxygens (including phenoxy) is 2. The van der Waals surface area contributed by atoms with E-state index in [-0.39, 0.29) is 11.9 Å². The fourth-order valence-corrected chi connectivity index (χ4v) is 4.57.